The Kier molecular flexibility index (Phi) is 21.3. The predicted molar refractivity (Wildman–Crippen MR) is 238 cm³/mol. The quantitative estimate of drug-likeness (QED) is 0.0962. The minimum atomic E-state index is -0.868. The fourth-order valence-corrected chi connectivity index (χ4v) is 7.81. The molecule has 0 spiro atoms. The fourth-order valence-electron chi connectivity index (χ4n) is 7.81. The van der Waals surface area contributed by atoms with Gasteiger partial charge in [-0.25, -0.2) is 0 Å². The van der Waals surface area contributed by atoms with Gasteiger partial charge in [0.2, 0.25) is 0 Å². The lowest BCUT2D eigenvalue weighted by atomic mass is 9.82. The summed E-state index contributed by atoms with van der Waals surface area (Å²) in [5.74, 6) is -1.71. The third kappa shape index (κ3) is 16.9. The Labute approximate surface area is 357 Å². The van der Waals surface area contributed by atoms with E-state index >= 15 is 0 Å². The van der Waals surface area contributed by atoms with Crippen molar-refractivity contribution >= 4 is 35.4 Å². The van der Waals surface area contributed by atoms with Crippen LogP contribution in [0.25, 0.3) is 0 Å². The molecule has 4 N–H and O–H groups in total. The number of carbonyl (C=O) groups excluding carboxylic acids is 2. The lowest BCUT2D eigenvalue weighted by Gasteiger charge is -2.23. The smallest absolute Gasteiger partial charge is 0.307 e. The van der Waals surface area contributed by atoms with Crippen molar-refractivity contribution < 1.29 is 49.2 Å². The molecule has 330 valence electrons. The Hall–Kier alpha value is -5.12. The van der Waals surface area contributed by atoms with E-state index in [9.17, 15) is 28.8 Å². The van der Waals surface area contributed by atoms with Crippen molar-refractivity contribution in [3.63, 3.8) is 0 Å². The molecular weight excluding hydrogens is 761 g/mol. The number of hydrogen-bond acceptors (Lipinski definition) is 6. The van der Waals surface area contributed by atoms with E-state index in [4.69, 9.17) is 20.4 Å². The minimum absolute atomic E-state index is 0.0272. The molecule has 0 aliphatic carbocycles. The molecule has 0 atom stereocenters. The van der Waals surface area contributed by atoms with Crippen molar-refractivity contribution in [3.8, 4) is 0 Å². The highest BCUT2D eigenvalue weighted by Crippen LogP contribution is 2.34. The van der Waals surface area contributed by atoms with Crippen LogP contribution < -0.4 is 0 Å². The standard InChI is InChI=1S/2C17H24O3.C16H22O4/c1-10(2)14-7-13(9-17(19)20)8-15(11(3)4)16(14)6-12(5)18;1-10(2)15-8-14(9-17(19)20)16(11(3)4)7-13(15)6-12(5)18;1-9(2)15-11(7-13(17)18)5-6-12(8-14(19)20)16(15)10(3)4/h2*7-8,10-11H,6,9H2,1-5H3,(H,19,20);5-6,9-10H,7-8H2,1-4H3,(H,17,18)(H,19,20). The molecule has 0 radical (unpaired) electrons. The summed E-state index contributed by atoms with van der Waals surface area (Å²) < 4.78 is 0. The highest BCUT2D eigenvalue weighted by molar-refractivity contribution is 5.80. The maximum Gasteiger partial charge on any atom is 0.307 e. The van der Waals surface area contributed by atoms with Crippen LogP contribution in [0.3, 0.4) is 0 Å². The number of carboxylic acid groups (broad SMARTS) is 4. The van der Waals surface area contributed by atoms with E-state index in [1.165, 1.54) is 0 Å². The molecule has 3 aromatic rings. The SMILES string of the molecule is CC(=O)Cc1c(C(C)C)cc(CC(=O)O)cc1C(C)C.CC(=O)Cc1cc(C(C)C)c(CC(=O)O)cc1C(C)C.CC(C)c1c(CC(=O)O)ccc(CC(=O)O)c1C(C)C. The van der Waals surface area contributed by atoms with Crippen molar-refractivity contribution in [1.82, 2.24) is 0 Å². The van der Waals surface area contributed by atoms with Crippen LogP contribution in [0.5, 0.6) is 0 Å². The average molecular weight is 831 g/mol. The van der Waals surface area contributed by atoms with Gasteiger partial charge >= 0.3 is 23.9 Å². The average Bonchev–Trinajstić information content (AvgIpc) is 3.08. The van der Waals surface area contributed by atoms with Gasteiger partial charge in [0.05, 0.1) is 25.7 Å². The van der Waals surface area contributed by atoms with Crippen LogP contribution in [-0.2, 0) is 67.3 Å². The molecule has 0 heterocycles. The molecule has 60 heavy (non-hydrogen) atoms. The molecule has 0 bridgehead atoms. The van der Waals surface area contributed by atoms with E-state index < -0.39 is 23.9 Å². The van der Waals surface area contributed by atoms with Gasteiger partial charge in [-0.1, -0.05) is 119 Å². The van der Waals surface area contributed by atoms with Crippen molar-refractivity contribution in [3.05, 3.63) is 103 Å². The van der Waals surface area contributed by atoms with Gasteiger partial charge in [-0.15, -0.1) is 0 Å². The summed E-state index contributed by atoms with van der Waals surface area (Å²) in [7, 11) is 0. The predicted octanol–water partition coefficient (Wildman–Crippen LogP) is 10.6. The number of carbonyl (C=O) groups is 6. The zero-order valence-corrected chi connectivity index (χ0v) is 38.4. The van der Waals surface area contributed by atoms with Crippen molar-refractivity contribution in [2.75, 3.05) is 0 Å². The van der Waals surface area contributed by atoms with E-state index in [0.717, 1.165) is 66.8 Å². The van der Waals surface area contributed by atoms with E-state index in [-0.39, 0.29) is 72.8 Å². The van der Waals surface area contributed by atoms with E-state index in [0.29, 0.717) is 12.8 Å². The van der Waals surface area contributed by atoms with Gasteiger partial charge < -0.3 is 20.4 Å². The van der Waals surface area contributed by atoms with Gasteiger partial charge in [-0.2, -0.15) is 0 Å². The molecule has 0 saturated heterocycles. The van der Waals surface area contributed by atoms with Crippen LogP contribution in [0.15, 0.2) is 36.4 Å². The Balaban J connectivity index is 0.000000450. The molecule has 0 amide bonds. The number of Topliss-reactive ketones (excluding diaryl/α,β-unsaturated/α-hetero) is 2. The summed E-state index contributed by atoms with van der Waals surface area (Å²) in [4.78, 5) is 66.9. The number of hydrogen-bond donors (Lipinski definition) is 4. The van der Waals surface area contributed by atoms with Crippen LogP contribution in [0.4, 0.5) is 0 Å². The third-order valence-electron chi connectivity index (χ3n) is 10.1. The second-order valence-corrected chi connectivity index (χ2v) is 17.7. The zero-order valence-electron chi connectivity index (χ0n) is 38.4. The zero-order chi connectivity index (χ0) is 46.3. The Morgan fingerprint density at radius 2 is 0.683 bits per heavy atom. The molecule has 0 aliphatic rings. The third-order valence-corrected chi connectivity index (χ3v) is 10.1. The van der Waals surface area contributed by atoms with Crippen LogP contribution in [0, 0.1) is 0 Å². The van der Waals surface area contributed by atoms with Crippen molar-refractivity contribution in [1.29, 1.82) is 0 Å². The van der Waals surface area contributed by atoms with Gasteiger partial charge in [0.15, 0.2) is 0 Å². The number of ketones is 2. The molecule has 0 unspecified atom stereocenters. The second kappa shape index (κ2) is 24.2. The van der Waals surface area contributed by atoms with Gasteiger partial charge in [-0.05, 0) is 116 Å². The molecular formula is C50H70O10. The first-order valence-corrected chi connectivity index (χ1v) is 21.0. The summed E-state index contributed by atoms with van der Waals surface area (Å²) in [6, 6.07) is 11.4. The first kappa shape index (κ1) is 52.9. The first-order valence-electron chi connectivity index (χ1n) is 21.0. The van der Waals surface area contributed by atoms with Crippen LogP contribution in [0.1, 0.15) is 199 Å². The van der Waals surface area contributed by atoms with E-state index in [1.807, 2.05) is 65.8 Å². The van der Waals surface area contributed by atoms with Gasteiger partial charge in [0, 0.05) is 12.8 Å². The molecule has 3 rings (SSSR count). The highest BCUT2D eigenvalue weighted by Gasteiger charge is 2.22. The van der Waals surface area contributed by atoms with Crippen LogP contribution in [-0.4, -0.2) is 55.9 Å². The first-order chi connectivity index (χ1) is 27.7. The number of rotatable bonds is 18. The number of carboxylic acids is 4. The normalized spacial score (nSPS) is 11.1. The molecule has 10 nitrogen and oxygen atoms in total. The van der Waals surface area contributed by atoms with Gasteiger partial charge in [0.25, 0.3) is 0 Å². The fraction of sp³-hybridized carbons (Fsp3) is 0.520. The Morgan fingerprint density at radius 3 is 0.950 bits per heavy atom. The van der Waals surface area contributed by atoms with Gasteiger partial charge in [0.1, 0.15) is 11.6 Å². The highest BCUT2D eigenvalue weighted by atomic mass is 16.4. The summed E-state index contributed by atoms with van der Waals surface area (Å²) in [6.45, 7) is 27.8. The van der Waals surface area contributed by atoms with Crippen LogP contribution in [0.2, 0.25) is 0 Å². The lowest BCUT2D eigenvalue weighted by Crippen LogP contribution is -2.13. The molecule has 0 aliphatic heterocycles. The summed E-state index contributed by atoms with van der Waals surface area (Å²) >= 11 is 0. The lowest BCUT2D eigenvalue weighted by molar-refractivity contribution is -0.137. The van der Waals surface area contributed by atoms with Crippen molar-refractivity contribution in [2.24, 2.45) is 0 Å². The molecule has 0 saturated carbocycles. The molecule has 3 aromatic carbocycles. The number of aliphatic carboxylic acids is 4. The largest absolute Gasteiger partial charge is 0.481 e. The maximum absolute atomic E-state index is 11.5. The molecule has 0 fully saturated rings. The van der Waals surface area contributed by atoms with Crippen molar-refractivity contribution in [2.45, 2.75) is 171 Å². The molecule has 10 heteroatoms. The minimum Gasteiger partial charge on any atom is -0.481 e. The summed E-state index contributed by atoms with van der Waals surface area (Å²) in [6.07, 6.45) is 0.851. The Bertz CT molecular complexity index is 1840. The Morgan fingerprint density at radius 1 is 0.383 bits per heavy atom. The maximum atomic E-state index is 11.5. The summed E-state index contributed by atoms with van der Waals surface area (Å²) in [5, 5.41) is 36.1. The second-order valence-electron chi connectivity index (χ2n) is 17.7. The summed E-state index contributed by atoms with van der Waals surface area (Å²) in [5.41, 5.74) is 11.7. The van der Waals surface area contributed by atoms with E-state index in [2.05, 4.69) is 41.5 Å². The van der Waals surface area contributed by atoms with E-state index in [1.54, 1.807) is 26.0 Å². The monoisotopic (exact) mass is 830 g/mol. The van der Waals surface area contributed by atoms with Crippen LogP contribution >= 0.6 is 0 Å². The number of benzene rings is 3. The topological polar surface area (TPSA) is 183 Å². The molecule has 0 aromatic heterocycles. The van der Waals surface area contributed by atoms with Gasteiger partial charge in [-0.3, -0.25) is 28.8 Å².